The van der Waals surface area contributed by atoms with Gasteiger partial charge in [-0.05, 0) is 24.6 Å². The SMILES string of the molecule is CN1CC(=O)N(c2cccc(NC(=O)N[C@@H]3CCOC3)c2)C1=O. The van der Waals surface area contributed by atoms with Crippen molar-refractivity contribution in [1.29, 1.82) is 0 Å². The molecular weight excluding hydrogens is 300 g/mol. The molecule has 23 heavy (non-hydrogen) atoms. The van der Waals surface area contributed by atoms with Crippen LogP contribution in [0.15, 0.2) is 24.3 Å². The molecule has 8 nitrogen and oxygen atoms in total. The van der Waals surface area contributed by atoms with E-state index in [2.05, 4.69) is 10.6 Å². The van der Waals surface area contributed by atoms with Crippen molar-refractivity contribution in [2.45, 2.75) is 12.5 Å². The molecule has 3 rings (SSSR count). The predicted molar refractivity (Wildman–Crippen MR) is 83.3 cm³/mol. The third-order valence-electron chi connectivity index (χ3n) is 3.77. The first-order chi connectivity index (χ1) is 11.0. The Balaban J connectivity index is 1.68. The lowest BCUT2D eigenvalue weighted by Crippen LogP contribution is -2.38. The Morgan fingerprint density at radius 3 is 2.83 bits per heavy atom. The van der Waals surface area contributed by atoms with Crippen molar-refractivity contribution >= 4 is 29.3 Å². The van der Waals surface area contributed by atoms with E-state index in [1.807, 2.05) is 0 Å². The topological polar surface area (TPSA) is 91.0 Å². The van der Waals surface area contributed by atoms with E-state index < -0.39 is 0 Å². The molecule has 1 aromatic carbocycles. The second-order valence-electron chi connectivity index (χ2n) is 5.58. The monoisotopic (exact) mass is 318 g/mol. The van der Waals surface area contributed by atoms with Crippen molar-refractivity contribution in [2.75, 3.05) is 37.0 Å². The van der Waals surface area contributed by atoms with Gasteiger partial charge in [-0.15, -0.1) is 0 Å². The molecule has 0 saturated carbocycles. The van der Waals surface area contributed by atoms with Crippen LogP contribution in [-0.2, 0) is 9.53 Å². The van der Waals surface area contributed by atoms with E-state index in [4.69, 9.17) is 4.74 Å². The molecule has 0 radical (unpaired) electrons. The van der Waals surface area contributed by atoms with Gasteiger partial charge in [0.05, 0.1) is 18.3 Å². The number of nitrogens with one attached hydrogen (secondary N) is 2. The molecular formula is C15H18N4O4. The molecule has 1 aromatic rings. The fraction of sp³-hybridized carbons (Fsp3) is 0.400. The van der Waals surface area contributed by atoms with Crippen molar-refractivity contribution in [3.05, 3.63) is 24.3 Å². The Kier molecular flexibility index (Phi) is 4.16. The maximum atomic E-state index is 12.0. The van der Waals surface area contributed by atoms with Gasteiger partial charge in [0.1, 0.15) is 6.54 Å². The minimum atomic E-state index is -0.375. The molecule has 0 bridgehead atoms. The normalized spacial score (nSPS) is 21.0. The van der Waals surface area contributed by atoms with Gasteiger partial charge in [-0.3, -0.25) is 4.79 Å². The zero-order valence-electron chi connectivity index (χ0n) is 12.7. The Labute approximate surface area is 133 Å². The number of urea groups is 2. The lowest BCUT2D eigenvalue weighted by Gasteiger charge is -2.16. The van der Waals surface area contributed by atoms with Gasteiger partial charge in [0.15, 0.2) is 0 Å². The number of carbonyl (C=O) groups excluding carboxylic acids is 3. The maximum Gasteiger partial charge on any atom is 0.331 e. The van der Waals surface area contributed by atoms with Crippen LogP contribution in [0.3, 0.4) is 0 Å². The van der Waals surface area contributed by atoms with Crippen LogP contribution < -0.4 is 15.5 Å². The molecule has 1 atom stereocenters. The van der Waals surface area contributed by atoms with Crippen LogP contribution in [0.1, 0.15) is 6.42 Å². The Bertz CT molecular complexity index is 642. The van der Waals surface area contributed by atoms with Crippen LogP contribution in [0.5, 0.6) is 0 Å². The average Bonchev–Trinajstić information content (AvgIpc) is 3.08. The standard InChI is InChI=1S/C15H18N4O4/c1-18-8-13(20)19(15(18)22)12-4-2-3-10(7-12)16-14(21)17-11-5-6-23-9-11/h2-4,7,11H,5-6,8-9H2,1H3,(H2,16,17,21)/t11-/m1/s1. The first-order valence-corrected chi connectivity index (χ1v) is 7.38. The first kappa shape index (κ1) is 15.3. The van der Waals surface area contributed by atoms with Gasteiger partial charge >= 0.3 is 12.1 Å². The Morgan fingerprint density at radius 2 is 2.17 bits per heavy atom. The van der Waals surface area contributed by atoms with Gasteiger partial charge in [0.2, 0.25) is 0 Å². The summed E-state index contributed by atoms with van der Waals surface area (Å²) in [6, 6.07) is 5.93. The van der Waals surface area contributed by atoms with Gasteiger partial charge in [0, 0.05) is 19.3 Å². The largest absolute Gasteiger partial charge is 0.379 e. The molecule has 0 aliphatic carbocycles. The average molecular weight is 318 g/mol. The van der Waals surface area contributed by atoms with Crippen LogP contribution in [0.4, 0.5) is 21.0 Å². The number of benzene rings is 1. The van der Waals surface area contributed by atoms with E-state index in [1.165, 1.54) is 4.90 Å². The number of amides is 5. The summed E-state index contributed by atoms with van der Waals surface area (Å²) >= 11 is 0. The summed E-state index contributed by atoms with van der Waals surface area (Å²) < 4.78 is 5.20. The van der Waals surface area contributed by atoms with Crippen LogP contribution in [0, 0.1) is 0 Å². The number of hydrogen-bond donors (Lipinski definition) is 2. The number of ether oxygens (including phenoxy) is 1. The van der Waals surface area contributed by atoms with Crippen molar-refractivity contribution in [2.24, 2.45) is 0 Å². The highest BCUT2D eigenvalue weighted by atomic mass is 16.5. The third-order valence-corrected chi connectivity index (χ3v) is 3.77. The molecule has 8 heteroatoms. The highest BCUT2D eigenvalue weighted by Crippen LogP contribution is 2.23. The summed E-state index contributed by atoms with van der Waals surface area (Å²) in [7, 11) is 1.57. The molecule has 2 saturated heterocycles. The molecule has 2 fully saturated rings. The molecule has 2 N–H and O–H groups in total. The number of nitrogens with zero attached hydrogens (tertiary/aromatic N) is 2. The fourth-order valence-electron chi connectivity index (χ4n) is 2.60. The van der Waals surface area contributed by atoms with Gasteiger partial charge < -0.3 is 20.3 Å². The molecule has 2 heterocycles. The molecule has 2 aliphatic rings. The number of likely N-dealkylation sites (N-methyl/N-ethyl adjacent to an activating group) is 1. The van der Waals surface area contributed by atoms with Crippen molar-refractivity contribution in [1.82, 2.24) is 10.2 Å². The van der Waals surface area contributed by atoms with Crippen LogP contribution in [0.2, 0.25) is 0 Å². The van der Waals surface area contributed by atoms with Crippen molar-refractivity contribution in [3.63, 3.8) is 0 Å². The van der Waals surface area contributed by atoms with Crippen LogP contribution in [-0.4, -0.2) is 55.7 Å². The summed E-state index contributed by atoms with van der Waals surface area (Å²) in [6.45, 7) is 1.21. The molecule has 122 valence electrons. The molecule has 5 amide bonds. The van der Waals surface area contributed by atoms with Gasteiger partial charge in [0.25, 0.3) is 5.91 Å². The summed E-state index contributed by atoms with van der Waals surface area (Å²) in [5.41, 5.74) is 0.945. The minimum Gasteiger partial charge on any atom is -0.379 e. The second kappa shape index (κ2) is 6.25. The summed E-state index contributed by atoms with van der Waals surface area (Å²) in [4.78, 5) is 38.3. The number of hydrogen-bond acceptors (Lipinski definition) is 4. The Hall–Kier alpha value is -2.61. The zero-order valence-corrected chi connectivity index (χ0v) is 12.7. The van der Waals surface area contributed by atoms with E-state index in [0.29, 0.717) is 24.6 Å². The van der Waals surface area contributed by atoms with Crippen LogP contribution >= 0.6 is 0 Å². The number of carbonyl (C=O) groups is 3. The zero-order chi connectivity index (χ0) is 16.4. The minimum absolute atomic E-state index is 0.00794. The summed E-state index contributed by atoms with van der Waals surface area (Å²) in [6.07, 6.45) is 0.788. The molecule has 0 aromatic heterocycles. The van der Waals surface area contributed by atoms with Crippen molar-refractivity contribution in [3.8, 4) is 0 Å². The van der Waals surface area contributed by atoms with E-state index in [0.717, 1.165) is 11.3 Å². The Morgan fingerprint density at radius 1 is 1.35 bits per heavy atom. The van der Waals surface area contributed by atoms with E-state index in [9.17, 15) is 14.4 Å². The summed E-state index contributed by atoms with van der Waals surface area (Å²) in [5.74, 6) is -0.290. The first-order valence-electron chi connectivity index (χ1n) is 7.38. The lowest BCUT2D eigenvalue weighted by atomic mass is 10.2. The van der Waals surface area contributed by atoms with Crippen molar-refractivity contribution < 1.29 is 19.1 Å². The number of anilines is 2. The maximum absolute atomic E-state index is 12.0. The van der Waals surface area contributed by atoms with Crippen LogP contribution in [0.25, 0.3) is 0 Å². The highest BCUT2D eigenvalue weighted by Gasteiger charge is 2.34. The molecule has 0 unspecified atom stereocenters. The third kappa shape index (κ3) is 3.26. The fourth-order valence-corrected chi connectivity index (χ4v) is 2.60. The van der Waals surface area contributed by atoms with E-state index in [1.54, 1.807) is 31.3 Å². The summed E-state index contributed by atoms with van der Waals surface area (Å²) in [5, 5.41) is 5.52. The van der Waals surface area contributed by atoms with E-state index >= 15 is 0 Å². The van der Waals surface area contributed by atoms with Gasteiger partial charge in [-0.2, -0.15) is 0 Å². The predicted octanol–water partition coefficient (Wildman–Crippen LogP) is 0.995. The quantitative estimate of drug-likeness (QED) is 0.813. The van der Waals surface area contributed by atoms with Gasteiger partial charge in [-0.1, -0.05) is 6.07 Å². The smallest absolute Gasteiger partial charge is 0.331 e. The number of imide groups is 1. The van der Waals surface area contributed by atoms with Gasteiger partial charge in [-0.25, -0.2) is 14.5 Å². The highest BCUT2D eigenvalue weighted by molar-refractivity contribution is 6.19. The molecule has 2 aliphatic heterocycles. The second-order valence-corrected chi connectivity index (χ2v) is 5.58. The molecule has 0 spiro atoms. The van der Waals surface area contributed by atoms with E-state index in [-0.39, 0.29) is 30.6 Å². The lowest BCUT2D eigenvalue weighted by molar-refractivity contribution is -0.116. The number of rotatable bonds is 3.